The summed E-state index contributed by atoms with van der Waals surface area (Å²) in [4.78, 5) is 0. The lowest BCUT2D eigenvalue weighted by Gasteiger charge is -2.15. The maximum absolute atomic E-state index is 5.43. The van der Waals surface area contributed by atoms with Gasteiger partial charge in [-0.1, -0.05) is 26.8 Å². The van der Waals surface area contributed by atoms with Gasteiger partial charge >= 0.3 is 0 Å². The van der Waals surface area contributed by atoms with E-state index in [-0.39, 0.29) is 5.41 Å². The quantitative estimate of drug-likeness (QED) is 0.632. The van der Waals surface area contributed by atoms with Gasteiger partial charge in [-0.15, -0.1) is 0 Å². The first-order chi connectivity index (χ1) is 5.99. The average molecular weight is 204 g/mol. The van der Waals surface area contributed by atoms with Gasteiger partial charge < -0.3 is 9.05 Å². The van der Waals surface area contributed by atoms with Gasteiger partial charge in [-0.2, -0.15) is 0 Å². The number of hydrogen-bond donors (Lipinski definition) is 0. The SMILES string of the molecule is CCOP(/C=C\C(C)(C)C)OCC. The highest BCUT2D eigenvalue weighted by Crippen LogP contribution is 2.40. The molecule has 0 unspecified atom stereocenters. The van der Waals surface area contributed by atoms with Gasteiger partial charge in [0.25, 0.3) is 0 Å². The molecule has 0 aliphatic heterocycles. The third-order valence-electron chi connectivity index (χ3n) is 1.21. The summed E-state index contributed by atoms with van der Waals surface area (Å²) in [6, 6.07) is 0. The first-order valence-electron chi connectivity index (χ1n) is 4.74. The molecule has 0 amide bonds. The Bertz CT molecular complexity index is 143. The second-order valence-corrected chi connectivity index (χ2v) is 5.19. The Labute approximate surface area is 83.2 Å². The van der Waals surface area contributed by atoms with Crippen LogP contribution in [-0.2, 0) is 9.05 Å². The minimum Gasteiger partial charge on any atom is -0.331 e. The van der Waals surface area contributed by atoms with E-state index in [1.54, 1.807) is 0 Å². The van der Waals surface area contributed by atoms with Crippen molar-refractivity contribution in [3.63, 3.8) is 0 Å². The monoisotopic (exact) mass is 204 g/mol. The van der Waals surface area contributed by atoms with Crippen molar-refractivity contribution >= 4 is 8.38 Å². The molecule has 78 valence electrons. The van der Waals surface area contributed by atoms with Crippen LogP contribution in [0, 0.1) is 5.41 Å². The van der Waals surface area contributed by atoms with Crippen molar-refractivity contribution < 1.29 is 9.05 Å². The van der Waals surface area contributed by atoms with Gasteiger partial charge in [-0.05, 0) is 25.1 Å². The molecule has 0 spiro atoms. The lowest BCUT2D eigenvalue weighted by Crippen LogP contribution is -1.98. The van der Waals surface area contributed by atoms with Crippen LogP contribution in [0.2, 0.25) is 0 Å². The molecular formula is C10H21O2P. The summed E-state index contributed by atoms with van der Waals surface area (Å²) >= 11 is 0. The molecule has 2 nitrogen and oxygen atoms in total. The predicted octanol–water partition coefficient (Wildman–Crippen LogP) is 3.93. The van der Waals surface area contributed by atoms with Crippen LogP contribution >= 0.6 is 8.38 Å². The standard InChI is InChI=1S/C10H21O2P/c1-6-11-13(12-7-2)9-8-10(3,4)5/h8-9H,6-7H2,1-5H3/b9-8-. The van der Waals surface area contributed by atoms with Crippen LogP contribution in [0.1, 0.15) is 34.6 Å². The zero-order valence-electron chi connectivity index (χ0n) is 9.33. The third kappa shape index (κ3) is 8.42. The second-order valence-electron chi connectivity index (χ2n) is 3.80. The number of allylic oxidation sites excluding steroid dienone is 1. The van der Waals surface area contributed by atoms with Crippen molar-refractivity contribution in [1.82, 2.24) is 0 Å². The van der Waals surface area contributed by atoms with Crippen LogP contribution in [-0.4, -0.2) is 13.2 Å². The Morgan fingerprint density at radius 3 is 1.85 bits per heavy atom. The molecule has 0 saturated heterocycles. The molecule has 0 saturated carbocycles. The fourth-order valence-electron chi connectivity index (χ4n) is 0.662. The van der Waals surface area contributed by atoms with E-state index in [4.69, 9.17) is 9.05 Å². The van der Waals surface area contributed by atoms with Crippen molar-refractivity contribution in [2.45, 2.75) is 34.6 Å². The predicted molar refractivity (Wildman–Crippen MR) is 58.8 cm³/mol. The van der Waals surface area contributed by atoms with E-state index in [0.29, 0.717) is 13.2 Å². The van der Waals surface area contributed by atoms with Crippen LogP contribution in [0.3, 0.4) is 0 Å². The molecule has 0 fully saturated rings. The highest BCUT2D eigenvalue weighted by atomic mass is 31.2. The Kier molecular flexibility index (Phi) is 6.58. The fraction of sp³-hybridized carbons (Fsp3) is 0.800. The van der Waals surface area contributed by atoms with Crippen molar-refractivity contribution in [1.29, 1.82) is 0 Å². The summed E-state index contributed by atoms with van der Waals surface area (Å²) in [6.07, 6.45) is 2.14. The molecule has 0 rings (SSSR count). The van der Waals surface area contributed by atoms with E-state index >= 15 is 0 Å². The van der Waals surface area contributed by atoms with Gasteiger partial charge in [-0.3, -0.25) is 0 Å². The summed E-state index contributed by atoms with van der Waals surface area (Å²) in [5.74, 6) is 2.04. The molecule has 0 heterocycles. The Hall–Kier alpha value is 0.0900. The molecule has 0 atom stereocenters. The Morgan fingerprint density at radius 2 is 1.54 bits per heavy atom. The van der Waals surface area contributed by atoms with Crippen LogP contribution < -0.4 is 0 Å². The van der Waals surface area contributed by atoms with Crippen molar-refractivity contribution in [3.05, 3.63) is 11.9 Å². The van der Waals surface area contributed by atoms with Crippen LogP contribution in [0.4, 0.5) is 0 Å². The summed E-state index contributed by atoms with van der Waals surface area (Å²) in [5.41, 5.74) is 0.203. The van der Waals surface area contributed by atoms with E-state index in [1.807, 2.05) is 19.7 Å². The molecular weight excluding hydrogens is 183 g/mol. The molecule has 0 aromatic carbocycles. The molecule has 13 heavy (non-hydrogen) atoms. The van der Waals surface area contributed by atoms with Gasteiger partial charge in [0.2, 0.25) is 0 Å². The Morgan fingerprint density at radius 1 is 1.08 bits per heavy atom. The molecule has 3 heteroatoms. The van der Waals surface area contributed by atoms with Gasteiger partial charge in [0.15, 0.2) is 8.38 Å². The lowest BCUT2D eigenvalue weighted by atomic mass is 9.98. The lowest BCUT2D eigenvalue weighted by molar-refractivity contribution is 0.276. The topological polar surface area (TPSA) is 18.5 Å². The maximum atomic E-state index is 5.43. The second kappa shape index (κ2) is 6.53. The summed E-state index contributed by atoms with van der Waals surface area (Å²) in [5, 5.41) is 0. The molecule has 0 aliphatic rings. The summed E-state index contributed by atoms with van der Waals surface area (Å²) < 4.78 is 10.9. The van der Waals surface area contributed by atoms with Crippen LogP contribution in [0.15, 0.2) is 11.9 Å². The van der Waals surface area contributed by atoms with E-state index < -0.39 is 8.38 Å². The van der Waals surface area contributed by atoms with Gasteiger partial charge in [0.1, 0.15) is 0 Å². The normalized spacial score (nSPS) is 13.1. The van der Waals surface area contributed by atoms with E-state index in [0.717, 1.165) is 0 Å². The van der Waals surface area contributed by atoms with Crippen LogP contribution in [0.5, 0.6) is 0 Å². The molecule has 0 radical (unpaired) electrons. The Balaban J connectivity index is 4.00. The number of rotatable bonds is 5. The van der Waals surface area contributed by atoms with E-state index in [1.165, 1.54) is 0 Å². The molecule has 0 bridgehead atoms. The highest BCUT2D eigenvalue weighted by molar-refractivity contribution is 7.50. The van der Waals surface area contributed by atoms with E-state index in [9.17, 15) is 0 Å². The zero-order chi connectivity index (χ0) is 10.3. The van der Waals surface area contributed by atoms with Crippen LogP contribution in [0.25, 0.3) is 0 Å². The van der Waals surface area contributed by atoms with Crippen molar-refractivity contribution in [2.75, 3.05) is 13.2 Å². The van der Waals surface area contributed by atoms with Crippen molar-refractivity contribution in [3.8, 4) is 0 Å². The molecule has 0 aliphatic carbocycles. The average Bonchev–Trinajstić information content (AvgIpc) is 2.00. The maximum Gasteiger partial charge on any atom is 0.197 e. The first kappa shape index (κ1) is 13.1. The molecule has 0 aromatic heterocycles. The largest absolute Gasteiger partial charge is 0.331 e. The minimum atomic E-state index is -0.806. The third-order valence-corrected chi connectivity index (χ3v) is 2.63. The first-order valence-corrected chi connectivity index (χ1v) is 5.98. The van der Waals surface area contributed by atoms with E-state index in [2.05, 4.69) is 26.8 Å². The smallest absolute Gasteiger partial charge is 0.197 e. The van der Waals surface area contributed by atoms with Gasteiger partial charge in [-0.25, -0.2) is 0 Å². The van der Waals surface area contributed by atoms with Crippen molar-refractivity contribution in [2.24, 2.45) is 5.41 Å². The molecule has 0 N–H and O–H groups in total. The molecule has 0 aromatic rings. The highest BCUT2D eigenvalue weighted by Gasteiger charge is 2.08. The fourth-order valence-corrected chi connectivity index (χ4v) is 1.99. The summed E-state index contributed by atoms with van der Waals surface area (Å²) in [7, 11) is -0.806. The van der Waals surface area contributed by atoms with Gasteiger partial charge in [0.05, 0.1) is 13.2 Å². The number of hydrogen-bond acceptors (Lipinski definition) is 2. The minimum absolute atomic E-state index is 0.203. The summed E-state index contributed by atoms with van der Waals surface area (Å²) in [6.45, 7) is 11.9. The van der Waals surface area contributed by atoms with Gasteiger partial charge in [0, 0.05) is 0 Å². The zero-order valence-corrected chi connectivity index (χ0v) is 10.2.